The molecule has 16 nitrogen and oxygen atoms in total. The Bertz CT molecular complexity index is 2160. The summed E-state index contributed by atoms with van der Waals surface area (Å²) in [5.41, 5.74) is 0.0683. The predicted octanol–water partition coefficient (Wildman–Crippen LogP) is 4.21. The first-order valence-corrected chi connectivity index (χ1v) is 28.3. The molecule has 4 heterocycles. The molecule has 2 aromatic rings. The lowest BCUT2D eigenvalue weighted by Gasteiger charge is -2.36. The maximum Gasteiger partial charge on any atom is 0.247 e. The zero-order valence-electron chi connectivity index (χ0n) is 42.7. The number of thioether (sulfide) groups is 2. The topological polar surface area (TPSA) is 205 Å². The van der Waals surface area contributed by atoms with Crippen molar-refractivity contribution in [3.05, 3.63) is 71.8 Å². The first-order valence-electron chi connectivity index (χ1n) is 25.4. The molecule has 0 aromatic heterocycles. The second-order valence-corrected chi connectivity index (χ2v) is 24.8. The Balaban J connectivity index is 1.00. The molecule has 0 spiro atoms. The summed E-state index contributed by atoms with van der Waals surface area (Å²) in [7, 11) is 3.62. The molecule has 10 atom stereocenters. The van der Waals surface area contributed by atoms with Gasteiger partial charge >= 0.3 is 0 Å². The summed E-state index contributed by atoms with van der Waals surface area (Å²) in [5.74, 6) is -0.413. The zero-order chi connectivity index (χ0) is 52.1. The van der Waals surface area contributed by atoms with Crippen LogP contribution in [0, 0.1) is 10.8 Å². The van der Waals surface area contributed by atoms with Crippen molar-refractivity contribution in [1.29, 1.82) is 0 Å². The van der Waals surface area contributed by atoms with Crippen molar-refractivity contribution in [1.82, 2.24) is 52.3 Å². The number of likely N-dealkylation sites (N-methyl/N-ethyl adjacent to an activating group) is 2. The predicted molar refractivity (Wildman–Crippen MR) is 293 cm³/mol. The molecule has 0 unspecified atom stereocenters. The molecule has 2 aromatic carbocycles. The molecule has 72 heavy (non-hydrogen) atoms. The number of benzene rings is 2. The molecule has 20 heteroatoms. The van der Waals surface area contributed by atoms with Gasteiger partial charge in [-0.1, -0.05) is 113 Å². The second-order valence-electron chi connectivity index (χ2n) is 21.3. The van der Waals surface area contributed by atoms with Crippen LogP contribution in [0.25, 0.3) is 0 Å². The number of fused-ring (bicyclic) bond motifs is 2. The summed E-state index contributed by atoms with van der Waals surface area (Å²) >= 11 is 14.6. The molecule has 1 saturated carbocycles. The summed E-state index contributed by atoms with van der Waals surface area (Å²) < 4.78 is 0. The molecule has 5 aliphatic rings. The van der Waals surface area contributed by atoms with E-state index in [9.17, 15) is 28.8 Å². The quantitative estimate of drug-likeness (QED) is 0.111. The van der Waals surface area contributed by atoms with Gasteiger partial charge in [0.25, 0.3) is 0 Å². The average Bonchev–Trinajstić information content (AvgIpc) is 3.68. The molecule has 8 N–H and O–H groups in total. The number of carbonyl (C=O) groups is 6. The average molecular weight is 1060 g/mol. The minimum atomic E-state index is -1.03. The molecule has 1 aliphatic carbocycles. The fourth-order valence-corrected chi connectivity index (χ4v) is 14.5. The number of carbonyl (C=O) groups excluding carboxylic acids is 6. The number of thiocarbonyl (C=S) groups is 2. The van der Waals surface area contributed by atoms with Gasteiger partial charge in [0.15, 0.2) is 0 Å². The van der Waals surface area contributed by atoms with Crippen molar-refractivity contribution in [3.63, 3.8) is 0 Å². The van der Waals surface area contributed by atoms with Gasteiger partial charge < -0.3 is 52.3 Å². The van der Waals surface area contributed by atoms with Crippen molar-refractivity contribution < 1.29 is 28.8 Å². The Morgan fingerprint density at radius 2 is 0.917 bits per heavy atom. The molecule has 7 rings (SSSR count). The van der Waals surface area contributed by atoms with Crippen molar-refractivity contribution in [3.8, 4) is 0 Å². The lowest BCUT2D eigenvalue weighted by atomic mass is 9.83. The second kappa shape index (κ2) is 23.9. The van der Waals surface area contributed by atoms with Crippen molar-refractivity contribution in [2.45, 2.75) is 164 Å². The van der Waals surface area contributed by atoms with E-state index in [1.807, 2.05) is 116 Å². The lowest BCUT2D eigenvalue weighted by molar-refractivity contribution is -0.143. The smallest absolute Gasteiger partial charge is 0.247 e. The minimum Gasteiger partial charge on any atom is -0.367 e. The van der Waals surface area contributed by atoms with E-state index in [-0.39, 0.29) is 58.5 Å². The van der Waals surface area contributed by atoms with E-state index in [4.69, 9.17) is 24.4 Å². The van der Waals surface area contributed by atoms with E-state index in [1.54, 1.807) is 33.3 Å². The fraction of sp³-hybridized carbons (Fsp3) is 0.615. The molecule has 0 radical (unpaired) electrons. The Morgan fingerprint density at radius 3 is 1.25 bits per heavy atom. The third-order valence-electron chi connectivity index (χ3n) is 15.2. The monoisotopic (exact) mass is 1060 g/mol. The number of nitrogens with one attached hydrogen (secondary N) is 8. The van der Waals surface area contributed by atoms with Gasteiger partial charge in [-0.25, -0.2) is 0 Å². The highest BCUT2D eigenvalue weighted by molar-refractivity contribution is 8.00. The van der Waals surface area contributed by atoms with Gasteiger partial charge in [0.1, 0.15) is 36.3 Å². The maximum atomic E-state index is 14.6. The van der Waals surface area contributed by atoms with Crippen LogP contribution < -0.4 is 42.5 Å². The van der Waals surface area contributed by atoms with Gasteiger partial charge in [-0.15, -0.1) is 23.5 Å². The molecule has 392 valence electrons. The van der Waals surface area contributed by atoms with E-state index in [0.29, 0.717) is 72.5 Å². The number of hydrogen-bond donors (Lipinski definition) is 8. The van der Waals surface area contributed by atoms with Crippen LogP contribution in [-0.4, -0.2) is 140 Å². The van der Waals surface area contributed by atoms with E-state index in [2.05, 4.69) is 42.5 Å². The van der Waals surface area contributed by atoms with Crippen LogP contribution >= 0.6 is 48.0 Å². The van der Waals surface area contributed by atoms with Gasteiger partial charge in [-0.05, 0) is 113 Å². The molecule has 4 aliphatic heterocycles. The minimum absolute atomic E-state index is 0.133. The van der Waals surface area contributed by atoms with E-state index in [1.165, 1.54) is 0 Å². The van der Waals surface area contributed by atoms with E-state index in [0.717, 1.165) is 11.5 Å². The first kappa shape index (κ1) is 55.4. The Hall–Kier alpha value is -4.34. The highest BCUT2D eigenvalue weighted by atomic mass is 32.2. The van der Waals surface area contributed by atoms with Crippen LogP contribution in [0.3, 0.4) is 0 Å². The van der Waals surface area contributed by atoms with Crippen molar-refractivity contribution >= 4 is 93.4 Å². The van der Waals surface area contributed by atoms with E-state index < -0.39 is 58.9 Å². The van der Waals surface area contributed by atoms with Gasteiger partial charge in [-0.3, -0.25) is 28.8 Å². The zero-order valence-corrected chi connectivity index (χ0v) is 46.0. The standard InChI is InChI=1S/C52H74N10O6S4/c1-29(53-7)47(69)57-35-23-25-71-37-27-51(3,4)41(61(37)49(35)67)45(65)59-39(31-15-11-9-12-16-31)43(63)55-33-19-21-34(22-20-33)56-44(64)40(32-17-13-10-14-18-32)60-46(66)42-52(5,6)28-38-62(42)50(68)36(24-26-72-38)58-48(70)30(2)54-8/h9-18,29-30,33-42,53-54H,19-28H2,1-8H3,(H,55,63)(H,56,64)(H,57,69)(H,58,70)(H,59,65)(H,60,66)/t29-,30-,33-,34-,35-,36-,37-,38-,39-,40-,41+,42+/m0/s1. The van der Waals surface area contributed by atoms with Crippen LogP contribution in [-0.2, 0) is 28.8 Å². The summed E-state index contributed by atoms with van der Waals surface area (Å²) in [5, 5.41) is 24.9. The SMILES string of the molecule is CN[C@@H](C)C(=S)N[C@H]1CCS[C@H]2CC(C)(C)[C@@H](C(=O)N[C@H](C(=O)N[C@H]3CC[C@H](NC(=O)[C@@H](NC(=O)[C@H]4N5C(=O)[C@@H](NC(=S)[C@H](C)NC)CCS[C@H]5CC4(C)C)c4ccccc4)CC3)c3ccccc3)N2C1=O. The highest BCUT2D eigenvalue weighted by Gasteiger charge is 2.56. The summed E-state index contributed by atoms with van der Waals surface area (Å²) in [6.07, 6.45) is 4.63. The third-order valence-corrected chi connectivity index (χ3v) is 18.6. The number of rotatable bonds is 16. The number of nitrogens with zero attached hydrogens (tertiary/aromatic N) is 2. The Labute approximate surface area is 444 Å². The molecule has 5 fully saturated rings. The normalized spacial score (nSPS) is 28.3. The summed E-state index contributed by atoms with van der Waals surface area (Å²) in [6, 6.07) is 12.6. The van der Waals surface area contributed by atoms with Gasteiger partial charge in [0.05, 0.1) is 32.8 Å². The van der Waals surface area contributed by atoms with Crippen LogP contribution in [0.4, 0.5) is 0 Å². The van der Waals surface area contributed by atoms with Gasteiger partial charge in [0, 0.05) is 12.1 Å². The largest absolute Gasteiger partial charge is 0.367 e. The summed E-state index contributed by atoms with van der Waals surface area (Å²) in [4.78, 5) is 91.2. The Morgan fingerprint density at radius 1 is 0.569 bits per heavy atom. The number of hydrogen-bond acceptors (Lipinski definition) is 12. The van der Waals surface area contributed by atoms with Crippen LogP contribution in [0.2, 0.25) is 0 Å². The number of amides is 6. The molecule has 4 saturated heterocycles. The van der Waals surface area contributed by atoms with Crippen LogP contribution in [0.15, 0.2) is 60.7 Å². The molecule has 0 bridgehead atoms. The molecular formula is C52H74N10O6S4. The maximum absolute atomic E-state index is 14.6. The Kier molecular flexibility index (Phi) is 18.4. The van der Waals surface area contributed by atoms with Gasteiger partial charge in [0.2, 0.25) is 35.4 Å². The van der Waals surface area contributed by atoms with Crippen molar-refractivity contribution in [2.24, 2.45) is 10.8 Å². The fourth-order valence-electron chi connectivity index (χ4n) is 10.8. The third kappa shape index (κ3) is 12.6. The van der Waals surface area contributed by atoms with Crippen molar-refractivity contribution in [2.75, 3.05) is 25.6 Å². The molecular weight excluding hydrogens is 989 g/mol. The van der Waals surface area contributed by atoms with Gasteiger partial charge in [-0.2, -0.15) is 0 Å². The highest BCUT2D eigenvalue weighted by Crippen LogP contribution is 2.48. The first-order chi connectivity index (χ1) is 34.2. The van der Waals surface area contributed by atoms with Crippen LogP contribution in [0.5, 0.6) is 0 Å². The van der Waals surface area contributed by atoms with Crippen LogP contribution in [0.1, 0.15) is 116 Å². The summed E-state index contributed by atoms with van der Waals surface area (Å²) in [6.45, 7) is 11.9. The molecule has 6 amide bonds. The van der Waals surface area contributed by atoms with E-state index >= 15 is 0 Å². The lowest BCUT2D eigenvalue weighted by Crippen LogP contribution is -2.59.